The van der Waals surface area contributed by atoms with Gasteiger partial charge >= 0.3 is 0 Å². The molecular formula is C13H16N2. The van der Waals surface area contributed by atoms with Gasteiger partial charge in [0.15, 0.2) is 0 Å². The number of nitriles is 1. The van der Waals surface area contributed by atoms with Crippen LogP contribution in [-0.2, 0) is 0 Å². The average molecular weight is 200 g/mol. The average Bonchev–Trinajstić information content (AvgIpc) is 3.06. The number of nitrogens with zero attached hydrogens (tertiary/aromatic N) is 1. The molecular weight excluding hydrogens is 184 g/mol. The van der Waals surface area contributed by atoms with Gasteiger partial charge in [-0.1, -0.05) is 30.3 Å². The number of nitrogens with one attached hydrogen (secondary N) is 1. The van der Waals surface area contributed by atoms with E-state index in [1.807, 2.05) is 13.0 Å². The lowest BCUT2D eigenvalue weighted by molar-refractivity contribution is 0.591. The SMILES string of the molecule is CC(C#N)CNC1CC1c1ccccc1. The van der Waals surface area contributed by atoms with Crippen molar-refractivity contribution in [3.8, 4) is 6.07 Å². The molecule has 1 aromatic rings. The standard InChI is InChI=1S/C13H16N2/c1-10(8-14)9-15-13-7-12(13)11-5-3-2-4-6-11/h2-6,10,12-13,15H,7,9H2,1H3. The first-order valence-corrected chi connectivity index (χ1v) is 5.49. The van der Waals surface area contributed by atoms with Gasteiger partial charge in [0.25, 0.3) is 0 Å². The van der Waals surface area contributed by atoms with Crippen LogP contribution >= 0.6 is 0 Å². The summed E-state index contributed by atoms with van der Waals surface area (Å²) in [5.41, 5.74) is 1.42. The largest absolute Gasteiger partial charge is 0.312 e. The van der Waals surface area contributed by atoms with Gasteiger partial charge in [-0.3, -0.25) is 0 Å². The molecule has 1 aliphatic carbocycles. The van der Waals surface area contributed by atoms with E-state index < -0.39 is 0 Å². The summed E-state index contributed by atoms with van der Waals surface area (Å²) < 4.78 is 0. The van der Waals surface area contributed by atoms with E-state index in [-0.39, 0.29) is 5.92 Å². The molecule has 0 radical (unpaired) electrons. The van der Waals surface area contributed by atoms with Crippen molar-refractivity contribution in [1.29, 1.82) is 5.26 Å². The van der Waals surface area contributed by atoms with Crippen LogP contribution in [-0.4, -0.2) is 12.6 Å². The van der Waals surface area contributed by atoms with Gasteiger partial charge < -0.3 is 5.32 Å². The van der Waals surface area contributed by atoms with E-state index in [0.717, 1.165) is 6.54 Å². The Hall–Kier alpha value is -1.33. The van der Waals surface area contributed by atoms with Crippen LogP contribution in [0, 0.1) is 17.2 Å². The summed E-state index contributed by atoms with van der Waals surface area (Å²) in [6.07, 6.45) is 1.21. The monoisotopic (exact) mass is 200 g/mol. The van der Waals surface area contributed by atoms with Crippen LogP contribution in [0.4, 0.5) is 0 Å². The normalized spacial score (nSPS) is 25.6. The minimum atomic E-state index is 0.113. The summed E-state index contributed by atoms with van der Waals surface area (Å²) in [5, 5.41) is 12.1. The second-order valence-corrected chi connectivity index (χ2v) is 4.30. The van der Waals surface area contributed by atoms with Crippen molar-refractivity contribution in [3.63, 3.8) is 0 Å². The van der Waals surface area contributed by atoms with Gasteiger partial charge in [0.05, 0.1) is 12.0 Å². The molecule has 0 bridgehead atoms. The van der Waals surface area contributed by atoms with Crippen LogP contribution in [0.1, 0.15) is 24.8 Å². The van der Waals surface area contributed by atoms with Crippen molar-refractivity contribution in [2.45, 2.75) is 25.3 Å². The number of benzene rings is 1. The fraction of sp³-hybridized carbons (Fsp3) is 0.462. The van der Waals surface area contributed by atoms with Crippen molar-refractivity contribution >= 4 is 0 Å². The van der Waals surface area contributed by atoms with Gasteiger partial charge in [0.1, 0.15) is 0 Å². The Balaban J connectivity index is 1.80. The van der Waals surface area contributed by atoms with Crippen LogP contribution < -0.4 is 5.32 Å². The molecule has 0 saturated heterocycles. The molecule has 1 aliphatic rings. The smallest absolute Gasteiger partial charge is 0.0666 e. The molecule has 0 aliphatic heterocycles. The maximum atomic E-state index is 8.66. The van der Waals surface area contributed by atoms with E-state index in [1.165, 1.54) is 12.0 Å². The Bertz CT molecular complexity index is 353. The lowest BCUT2D eigenvalue weighted by atomic mass is 10.1. The van der Waals surface area contributed by atoms with Gasteiger partial charge in [-0.15, -0.1) is 0 Å². The molecule has 0 amide bonds. The van der Waals surface area contributed by atoms with Gasteiger partial charge in [0.2, 0.25) is 0 Å². The predicted octanol–water partition coefficient (Wildman–Crippen LogP) is 2.29. The van der Waals surface area contributed by atoms with Gasteiger partial charge in [-0.2, -0.15) is 5.26 Å². The van der Waals surface area contributed by atoms with Crippen molar-refractivity contribution in [3.05, 3.63) is 35.9 Å². The Labute approximate surface area is 90.9 Å². The lowest BCUT2D eigenvalue weighted by Crippen LogP contribution is -2.23. The highest BCUT2D eigenvalue weighted by Gasteiger charge is 2.37. The molecule has 1 fully saturated rings. The lowest BCUT2D eigenvalue weighted by Gasteiger charge is -2.05. The van der Waals surface area contributed by atoms with Crippen molar-refractivity contribution in [2.75, 3.05) is 6.54 Å². The van der Waals surface area contributed by atoms with E-state index in [9.17, 15) is 0 Å². The molecule has 2 heteroatoms. The number of hydrogen-bond donors (Lipinski definition) is 1. The van der Waals surface area contributed by atoms with E-state index in [1.54, 1.807) is 0 Å². The second kappa shape index (κ2) is 4.46. The van der Waals surface area contributed by atoms with E-state index in [4.69, 9.17) is 5.26 Å². The van der Waals surface area contributed by atoms with Crippen LogP contribution in [0.15, 0.2) is 30.3 Å². The highest BCUT2D eigenvalue weighted by molar-refractivity contribution is 5.27. The molecule has 78 valence electrons. The van der Waals surface area contributed by atoms with Crippen molar-refractivity contribution < 1.29 is 0 Å². The quantitative estimate of drug-likeness (QED) is 0.809. The highest BCUT2D eigenvalue weighted by Crippen LogP contribution is 2.40. The van der Waals surface area contributed by atoms with Crippen LogP contribution in [0.2, 0.25) is 0 Å². The molecule has 1 aromatic carbocycles. The number of rotatable bonds is 4. The first-order valence-electron chi connectivity index (χ1n) is 5.49. The van der Waals surface area contributed by atoms with Crippen molar-refractivity contribution in [1.82, 2.24) is 5.32 Å². The van der Waals surface area contributed by atoms with Gasteiger partial charge in [-0.05, 0) is 18.9 Å². The maximum Gasteiger partial charge on any atom is 0.0666 e. The topological polar surface area (TPSA) is 35.8 Å². The third kappa shape index (κ3) is 2.57. The summed E-state index contributed by atoms with van der Waals surface area (Å²) in [4.78, 5) is 0. The van der Waals surface area contributed by atoms with Crippen molar-refractivity contribution in [2.24, 2.45) is 5.92 Å². The zero-order valence-electron chi connectivity index (χ0n) is 8.98. The summed E-state index contributed by atoms with van der Waals surface area (Å²) in [5.74, 6) is 0.777. The number of hydrogen-bond acceptors (Lipinski definition) is 2. The van der Waals surface area contributed by atoms with Crippen LogP contribution in [0.3, 0.4) is 0 Å². The Morgan fingerprint density at radius 3 is 2.87 bits per heavy atom. The third-order valence-electron chi connectivity index (χ3n) is 2.92. The third-order valence-corrected chi connectivity index (χ3v) is 2.92. The Kier molecular flexibility index (Phi) is 3.03. The Morgan fingerprint density at radius 1 is 1.47 bits per heavy atom. The minimum absolute atomic E-state index is 0.113. The molecule has 15 heavy (non-hydrogen) atoms. The minimum Gasteiger partial charge on any atom is -0.312 e. The highest BCUT2D eigenvalue weighted by atomic mass is 15.0. The summed E-state index contributed by atoms with van der Waals surface area (Å²) in [6.45, 7) is 2.76. The molecule has 3 atom stereocenters. The Morgan fingerprint density at radius 2 is 2.20 bits per heavy atom. The molecule has 0 spiro atoms. The molecule has 0 aromatic heterocycles. The van der Waals surface area contributed by atoms with E-state index in [2.05, 4.69) is 35.7 Å². The summed E-state index contributed by atoms with van der Waals surface area (Å²) in [7, 11) is 0. The molecule has 1 N–H and O–H groups in total. The van der Waals surface area contributed by atoms with Gasteiger partial charge in [-0.25, -0.2) is 0 Å². The van der Waals surface area contributed by atoms with E-state index in [0.29, 0.717) is 12.0 Å². The molecule has 2 nitrogen and oxygen atoms in total. The van der Waals surface area contributed by atoms with Gasteiger partial charge in [0, 0.05) is 18.5 Å². The fourth-order valence-corrected chi connectivity index (χ4v) is 1.86. The summed E-state index contributed by atoms with van der Waals surface area (Å²) in [6, 6.07) is 13.4. The van der Waals surface area contributed by atoms with Crippen LogP contribution in [0.25, 0.3) is 0 Å². The fourth-order valence-electron chi connectivity index (χ4n) is 1.86. The zero-order valence-corrected chi connectivity index (χ0v) is 8.98. The summed E-state index contributed by atoms with van der Waals surface area (Å²) >= 11 is 0. The molecule has 2 rings (SSSR count). The first-order chi connectivity index (χ1) is 7.31. The molecule has 3 unspecified atom stereocenters. The van der Waals surface area contributed by atoms with Crippen LogP contribution in [0.5, 0.6) is 0 Å². The zero-order chi connectivity index (χ0) is 10.7. The predicted molar refractivity (Wildman–Crippen MR) is 60.4 cm³/mol. The second-order valence-electron chi connectivity index (χ2n) is 4.30. The van der Waals surface area contributed by atoms with E-state index >= 15 is 0 Å². The first kappa shape index (κ1) is 10.2. The molecule has 1 saturated carbocycles. The molecule has 0 heterocycles. The maximum absolute atomic E-state index is 8.66.